The number of phenols is 1. The number of nitrogens with one attached hydrogen (secondary N) is 1. The molecule has 2 N–H and O–H groups in total. The summed E-state index contributed by atoms with van der Waals surface area (Å²) < 4.78 is 1.35. The maximum atomic E-state index is 10.5. The summed E-state index contributed by atoms with van der Waals surface area (Å²) in [6, 6.07) is 9.28. The number of aromatic hydroxyl groups is 1. The number of rotatable bonds is 4. The van der Waals surface area contributed by atoms with E-state index >= 15 is 0 Å². The highest BCUT2D eigenvalue weighted by Crippen LogP contribution is 2.30. The van der Waals surface area contributed by atoms with Crippen LogP contribution in [0.5, 0.6) is 5.75 Å². The van der Waals surface area contributed by atoms with Crippen molar-refractivity contribution in [3.63, 3.8) is 0 Å². The molecule has 2 aromatic carbocycles. The van der Waals surface area contributed by atoms with Gasteiger partial charge in [0.25, 0.3) is 5.69 Å². The first-order valence-electron chi connectivity index (χ1n) is 5.69. The summed E-state index contributed by atoms with van der Waals surface area (Å²) in [5, 5.41) is 24.4. The number of anilines is 1. The molecule has 0 aliphatic heterocycles. The van der Waals surface area contributed by atoms with E-state index in [1.807, 2.05) is 0 Å². The predicted molar refractivity (Wildman–Crippen MR) is 87.8 cm³/mol. The summed E-state index contributed by atoms with van der Waals surface area (Å²) in [7, 11) is 0. The lowest BCUT2D eigenvalue weighted by Gasteiger charge is -2.03. The average molecular weight is 415 g/mol. The number of hydrogen-bond donors (Lipinski definition) is 2. The Morgan fingerprint density at radius 2 is 1.90 bits per heavy atom. The molecule has 0 bridgehead atoms. The lowest BCUT2D eigenvalue weighted by atomic mass is 10.2. The molecule has 0 saturated carbocycles. The first-order chi connectivity index (χ1) is 9.97. The van der Waals surface area contributed by atoms with E-state index in [0.29, 0.717) is 15.7 Å². The van der Waals surface area contributed by atoms with Crippen LogP contribution in [-0.2, 0) is 0 Å². The number of halogens is 2. The quantitative estimate of drug-likeness (QED) is 0.444. The number of benzene rings is 2. The standard InChI is InChI=1S/C13H9Br2N3O3/c14-9-5-8(13(19)12(15)6-9)7-16-17-10-1-3-11(4-2-10)18(20)21/h1-7,17,19H/b16-7+. The first kappa shape index (κ1) is 15.5. The van der Waals surface area contributed by atoms with Gasteiger partial charge in [-0.15, -0.1) is 0 Å². The number of nitro benzene ring substituents is 1. The Morgan fingerprint density at radius 3 is 2.52 bits per heavy atom. The molecule has 0 saturated heterocycles. The third-order valence-corrected chi connectivity index (χ3v) is 3.60. The topological polar surface area (TPSA) is 87.8 Å². The van der Waals surface area contributed by atoms with Gasteiger partial charge in [0.1, 0.15) is 5.75 Å². The third-order valence-electron chi connectivity index (χ3n) is 2.53. The van der Waals surface area contributed by atoms with Crippen LogP contribution in [0.2, 0.25) is 0 Å². The summed E-state index contributed by atoms with van der Waals surface area (Å²) in [4.78, 5) is 10.1. The second-order valence-corrected chi connectivity index (χ2v) is 5.77. The Bertz CT molecular complexity index is 703. The summed E-state index contributed by atoms with van der Waals surface area (Å²) in [6.07, 6.45) is 1.45. The zero-order valence-electron chi connectivity index (χ0n) is 10.5. The minimum atomic E-state index is -0.468. The van der Waals surface area contributed by atoms with Gasteiger partial charge in [-0.05, 0) is 40.2 Å². The van der Waals surface area contributed by atoms with E-state index in [9.17, 15) is 15.2 Å². The monoisotopic (exact) mass is 413 g/mol. The summed E-state index contributed by atoms with van der Waals surface area (Å²) in [6.45, 7) is 0. The second kappa shape index (κ2) is 6.68. The fraction of sp³-hybridized carbons (Fsp3) is 0. The van der Waals surface area contributed by atoms with Crippen molar-refractivity contribution in [2.24, 2.45) is 5.10 Å². The molecule has 0 spiro atoms. The van der Waals surface area contributed by atoms with E-state index in [2.05, 4.69) is 42.4 Å². The van der Waals surface area contributed by atoms with Gasteiger partial charge in [0.2, 0.25) is 0 Å². The van der Waals surface area contributed by atoms with Gasteiger partial charge in [-0.3, -0.25) is 15.5 Å². The van der Waals surface area contributed by atoms with Gasteiger partial charge >= 0.3 is 0 Å². The van der Waals surface area contributed by atoms with Crippen molar-refractivity contribution in [2.75, 3.05) is 5.43 Å². The highest BCUT2D eigenvalue weighted by atomic mass is 79.9. The maximum Gasteiger partial charge on any atom is 0.269 e. The average Bonchev–Trinajstić information content (AvgIpc) is 2.44. The zero-order valence-corrected chi connectivity index (χ0v) is 13.6. The largest absolute Gasteiger partial charge is 0.506 e. The molecule has 2 aromatic rings. The van der Waals surface area contributed by atoms with Gasteiger partial charge in [-0.1, -0.05) is 15.9 Å². The third kappa shape index (κ3) is 4.02. The van der Waals surface area contributed by atoms with Crippen molar-refractivity contribution in [1.82, 2.24) is 0 Å². The molecule has 0 atom stereocenters. The van der Waals surface area contributed by atoms with Crippen LogP contribution < -0.4 is 5.43 Å². The Morgan fingerprint density at radius 1 is 1.24 bits per heavy atom. The number of hydrazone groups is 1. The van der Waals surface area contributed by atoms with Crippen molar-refractivity contribution in [1.29, 1.82) is 0 Å². The van der Waals surface area contributed by atoms with Gasteiger partial charge in [0, 0.05) is 22.2 Å². The number of non-ortho nitro benzene ring substituents is 1. The fourth-order valence-electron chi connectivity index (χ4n) is 1.52. The molecule has 0 heterocycles. The van der Waals surface area contributed by atoms with Crippen molar-refractivity contribution in [2.45, 2.75) is 0 Å². The summed E-state index contributed by atoms with van der Waals surface area (Å²) in [5.74, 6) is 0.0763. The molecule has 2 rings (SSSR count). The van der Waals surface area contributed by atoms with Crippen LogP contribution in [0.1, 0.15) is 5.56 Å². The molecule has 0 fully saturated rings. The first-order valence-corrected chi connectivity index (χ1v) is 7.27. The van der Waals surface area contributed by atoms with Crippen LogP contribution in [0, 0.1) is 10.1 Å². The minimum Gasteiger partial charge on any atom is -0.506 e. The second-order valence-electron chi connectivity index (χ2n) is 4.00. The lowest BCUT2D eigenvalue weighted by Crippen LogP contribution is -1.92. The van der Waals surface area contributed by atoms with Crippen molar-refractivity contribution in [3.05, 3.63) is 61.0 Å². The highest BCUT2D eigenvalue weighted by Gasteiger charge is 2.05. The molecule has 8 heteroatoms. The molecular weight excluding hydrogens is 406 g/mol. The van der Waals surface area contributed by atoms with Crippen LogP contribution in [0.3, 0.4) is 0 Å². The molecular formula is C13H9Br2N3O3. The fourth-order valence-corrected chi connectivity index (χ4v) is 2.78. The Balaban J connectivity index is 2.10. The maximum absolute atomic E-state index is 10.5. The molecule has 0 aliphatic rings. The van der Waals surface area contributed by atoms with Crippen LogP contribution in [0.4, 0.5) is 11.4 Å². The Hall–Kier alpha value is -1.93. The summed E-state index contributed by atoms with van der Waals surface area (Å²) in [5.41, 5.74) is 3.86. The molecule has 0 aliphatic carbocycles. The van der Waals surface area contributed by atoms with Gasteiger partial charge < -0.3 is 5.11 Å². The normalized spacial score (nSPS) is 10.8. The SMILES string of the molecule is O=[N+]([O-])c1ccc(N/N=C/c2cc(Br)cc(Br)c2O)cc1. The zero-order chi connectivity index (χ0) is 15.4. The number of nitrogens with zero attached hydrogens (tertiary/aromatic N) is 2. The smallest absolute Gasteiger partial charge is 0.269 e. The molecule has 0 aromatic heterocycles. The van der Waals surface area contributed by atoms with Crippen LogP contribution in [0.15, 0.2) is 50.4 Å². The van der Waals surface area contributed by atoms with E-state index in [4.69, 9.17) is 0 Å². The molecule has 0 amide bonds. The van der Waals surface area contributed by atoms with Crippen molar-refractivity contribution < 1.29 is 10.0 Å². The van der Waals surface area contributed by atoms with Crippen LogP contribution in [0.25, 0.3) is 0 Å². The van der Waals surface area contributed by atoms with E-state index in [1.54, 1.807) is 24.3 Å². The Kier molecular flexibility index (Phi) is 4.92. The molecule has 6 nitrogen and oxygen atoms in total. The molecule has 0 unspecified atom stereocenters. The highest BCUT2D eigenvalue weighted by molar-refractivity contribution is 9.11. The van der Waals surface area contributed by atoms with Gasteiger partial charge in [-0.2, -0.15) is 5.10 Å². The van der Waals surface area contributed by atoms with Gasteiger partial charge in [-0.25, -0.2) is 0 Å². The minimum absolute atomic E-state index is 0.0121. The Labute approximate surface area is 136 Å². The van der Waals surface area contributed by atoms with E-state index < -0.39 is 4.92 Å². The van der Waals surface area contributed by atoms with E-state index in [-0.39, 0.29) is 11.4 Å². The lowest BCUT2D eigenvalue weighted by molar-refractivity contribution is -0.384. The van der Waals surface area contributed by atoms with Crippen LogP contribution in [-0.4, -0.2) is 16.2 Å². The van der Waals surface area contributed by atoms with E-state index in [1.165, 1.54) is 18.3 Å². The number of hydrogen-bond acceptors (Lipinski definition) is 5. The van der Waals surface area contributed by atoms with E-state index in [0.717, 1.165) is 4.47 Å². The molecule has 108 valence electrons. The summed E-state index contributed by atoms with van der Waals surface area (Å²) >= 11 is 6.55. The molecule has 21 heavy (non-hydrogen) atoms. The molecule has 0 radical (unpaired) electrons. The van der Waals surface area contributed by atoms with Crippen LogP contribution >= 0.6 is 31.9 Å². The predicted octanol–water partition coefficient (Wildman–Crippen LogP) is 4.27. The van der Waals surface area contributed by atoms with Crippen molar-refractivity contribution >= 4 is 49.4 Å². The van der Waals surface area contributed by atoms with Crippen molar-refractivity contribution in [3.8, 4) is 5.75 Å². The van der Waals surface area contributed by atoms with Gasteiger partial charge in [0.15, 0.2) is 0 Å². The number of phenolic OH excluding ortho intramolecular Hbond substituents is 1. The van der Waals surface area contributed by atoms with Gasteiger partial charge in [0.05, 0.1) is 21.3 Å². The number of nitro groups is 1.